The molecule has 0 radical (unpaired) electrons. The maximum absolute atomic E-state index is 10.5. The SMILES string of the molecule is CC1CCC(O)(CNc2nc(Cl)ncc2Br)CC1. The Bertz CT molecular complexity index is 422. The first-order valence-corrected chi connectivity index (χ1v) is 7.30. The highest BCUT2D eigenvalue weighted by Gasteiger charge is 2.31. The van der Waals surface area contributed by atoms with Gasteiger partial charge in [-0.25, -0.2) is 4.98 Å². The van der Waals surface area contributed by atoms with Crippen molar-refractivity contribution in [2.24, 2.45) is 5.92 Å². The van der Waals surface area contributed by atoms with Gasteiger partial charge in [0.2, 0.25) is 5.28 Å². The van der Waals surface area contributed by atoms with E-state index >= 15 is 0 Å². The molecule has 0 saturated heterocycles. The summed E-state index contributed by atoms with van der Waals surface area (Å²) < 4.78 is 0.750. The van der Waals surface area contributed by atoms with Gasteiger partial charge in [-0.1, -0.05) is 6.92 Å². The van der Waals surface area contributed by atoms with E-state index in [1.54, 1.807) is 6.20 Å². The summed E-state index contributed by atoms with van der Waals surface area (Å²) >= 11 is 9.10. The molecule has 6 heteroatoms. The molecule has 1 aliphatic rings. The quantitative estimate of drug-likeness (QED) is 0.833. The van der Waals surface area contributed by atoms with Crippen LogP contribution in [0.15, 0.2) is 10.7 Å². The average molecular weight is 335 g/mol. The fourth-order valence-corrected chi connectivity index (χ4v) is 2.66. The summed E-state index contributed by atoms with van der Waals surface area (Å²) in [6.45, 7) is 2.72. The van der Waals surface area contributed by atoms with Gasteiger partial charge in [0.25, 0.3) is 0 Å². The van der Waals surface area contributed by atoms with Gasteiger partial charge >= 0.3 is 0 Å². The van der Waals surface area contributed by atoms with Crippen molar-refractivity contribution < 1.29 is 5.11 Å². The van der Waals surface area contributed by atoms with E-state index in [9.17, 15) is 5.11 Å². The molecule has 1 heterocycles. The standard InChI is InChI=1S/C12H17BrClN3O/c1-8-2-4-12(18,5-3-8)7-16-10-9(13)6-15-11(14)17-10/h6,8,18H,2-5,7H2,1H3,(H,15,16,17). The molecule has 0 spiro atoms. The lowest BCUT2D eigenvalue weighted by Gasteiger charge is -2.35. The summed E-state index contributed by atoms with van der Waals surface area (Å²) in [5.41, 5.74) is -0.636. The molecule has 0 atom stereocenters. The number of hydrogen-bond acceptors (Lipinski definition) is 4. The van der Waals surface area contributed by atoms with Crippen molar-refractivity contribution in [3.05, 3.63) is 16.0 Å². The molecule has 0 unspecified atom stereocenters. The van der Waals surface area contributed by atoms with Crippen LogP contribution in [-0.2, 0) is 0 Å². The molecule has 0 amide bonds. The van der Waals surface area contributed by atoms with E-state index in [2.05, 4.69) is 38.1 Å². The number of rotatable bonds is 3. The van der Waals surface area contributed by atoms with E-state index in [1.807, 2.05) is 0 Å². The third-order valence-corrected chi connectivity index (χ3v) is 4.27. The van der Waals surface area contributed by atoms with Gasteiger partial charge in [-0.2, -0.15) is 4.98 Å². The lowest BCUT2D eigenvalue weighted by Crippen LogP contribution is -2.40. The number of hydrogen-bond donors (Lipinski definition) is 2. The second-order valence-electron chi connectivity index (χ2n) is 5.10. The Morgan fingerprint density at radius 2 is 2.22 bits per heavy atom. The van der Waals surface area contributed by atoms with Crippen LogP contribution in [-0.4, -0.2) is 27.2 Å². The van der Waals surface area contributed by atoms with Crippen molar-refractivity contribution in [2.45, 2.75) is 38.2 Å². The largest absolute Gasteiger partial charge is 0.388 e. The lowest BCUT2D eigenvalue weighted by atomic mass is 9.79. The number of anilines is 1. The van der Waals surface area contributed by atoms with Gasteiger partial charge in [0, 0.05) is 12.7 Å². The van der Waals surface area contributed by atoms with E-state index in [1.165, 1.54) is 0 Å². The molecule has 1 aliphatic carbocycles. The average Bonchev–Trinajstić information content (AvgIpc) is 2.35. The molecule has 18 heavy (non-hydrogen) atoms. The van der Waals surface area contributed by atoms with Crippen molar-refractivity contribution in [3.8, 4) is 0 Å². The highest BCUT2D eigenvalue weighted by atomic mass is 79.9. The minimum atomic E-state index is -0.636. The number of nitrogens with one attached hydrogen (secondary N) is 1. The van der Waals surface area contributed by atoms with E-state index in [4.69, 9.17) is 11.6 Å². The Kier molecular flexibility index (Phi) is 4.45. The van der Waals surface area contributed by atoms with Crippen LogP contribution in [0.1, 0.15) is 32.6 Å². The molecule has 0 aliphatic heterocycles. The molecule has 1 aromatic rings. The Hall–Kier alpha value is -0.390. The first kappa shape index (κ1) is 14.0. The number of halogens is 2. The molecular formula is C12H17BrClN3O. The summed E-state index contributed by atoms with van der Waals surface area (Å²) in [5, 5.41) is 13.8. The highest BCUT2D eigenvalue weighted by Crippen LogP contribution is 2.32. The third kappa shape index (κ3) is 3.56. The fourth-order valence-electron chi connectivity index (χ4n) is 2.19. The normalized spacial score (nSPS) is 28.1. The maximum Gasteiger partial charge on any atom is 0.224 e. The molecule has 0 aromatic carbocycles. The van der Waals surface area contributed by atoms with Gasteiger partial charge < -0.3 is 10.4 Å². The van der Waals surface area contributed by atoms with Gasteiger partial charge in [0.05, 0.1) is 10.1 Å². The second kappa shape index (κ2) is 5.72. The zero-order valence-corrected chi connectivity index (χ0v) is 12.6. The summed E-state index contributed by atoms with van der Waals surface area (Å²) in [7, 11) is 0. The van der Waals surface area contributed by atoms with Crippen LogP contribution in [0.2, 0.25) is 5.28 Å². The van der Waals surface area contributed by atoms with E-state index in [0.717, 1.165) is 30.2 Å². The van der Waals surface area contributed by atoms with Gasteiger partial charge in [-0.15, -0.1) is 0 Å². The zero-order chi connectivity index (χ0) is 13.2. The van der Waals surface area contributed by atoms with Crippen LogP contribution < -0.4 is 5.32 Å². The van der Waals surface area contributed by atoms with Crippen LogP contribution in [0.3, 0.4) is 0 Å². The molecule has 1 saturated carbocycles. The van der Waals surface area contributed by atoms with E-state index < -0.39 is 5.60 Å². The molecule has 4 nitrogen and oxygen atoms in total. The molecule has 100 valence electrons. The van der Waals surface area contributed by atoms with Crippen LogP contribution >= 0.6 is 27.5 Å². The molecule has 0 bridgehead atoms. The first-order chi connectivity index (χ1) is 8.48. The van der Waals surface area contributed by atoms with Crippen molar-refractivity contribution in [1.29, 1.82) is 0 Å². The Balaban J connectivity index is 1.96. The highest BCUT2D eigenvalue weighted by molar-refractivity contribution is 9.10. The smallest absolute Gasteiger partial charge is 0.224 e. The van der Waals surface area contributed by atoms with Gasteiger partial charge in [0.15, 0.2) is 0 Å². The molecule has 1 aromatic heterocycles. The predicted octanol–water partition coefficient (Wildman–Crippen LogP) is 3.25. The Morgan fingerprint density at radius 1 is 1.56 bits per heavy atom. The first-order valence-electron chi connectivity index (χ1n) is 6.13. The van der Waals surface area contributed by atoms with E-state index in [-0.39, 0.29) is 5.28 Å². The van der Waals surface area contributed by atoms with Crippen LogP contribution in [0.5, 0.6) is 0 Å². The van der Waals surface area contributed by atoms with Gasteiger partial charge in [-0.3, -0.25) is 0 Å². The van der Waals surface area contributed by atoms with Crippen LogP contribution in [0.25, 0.3) is 0 Å². The molecule has 2 N–H and O–H groups in total. The summed E-state index contributed by atoms with van der Waals surface area (Å²) in [6, 6.07) is 0. The maximum atomic E-state index is 10.5. The Labute approximate surface area is 120 Å². The summed E-state index contributed by atoms with van der Waals surface area (Å²) in [5.74, 6) is 1.34. The topological polar surface area (TPSA) is 58.0 Å². The number of aromatic nitrogens is 2. The van der Waals surface area contributed by atoms with Crippen LogP contribution in [0.4, 0.5) is 5.82 Å². The Morgan fingerprint density at radius 3 is 2.89 bits per heavy atom. The van der Waals surface area contributed by atoms with Crippen LogP contribution in [0, 0.1) is 5.92 Å². The summed E-state index contributed by atoms with van der Waals surface area (Å²) in [6.07, 6.45) is 5.41. The van der Waals surface area contributed by atoms with Gasteiger partial charge in [-0.05, 0) is 59.1 Å². The predicted molar refractivity (Wildman–Crippen MR) is 75.8 cm³/mol. The third-order valence-electron chi connectivity index (χ3n) is 3.50. The lowest BCUT2D eigenvalue weighted by molar-refractivity contribution is 0.00493. The minimum absolute atomic E-state index is 0.199. The molecule has 1 fully saturated rings. The molecule has 2 rings (SSSR count). The zero-order valence-electron chi connectivity index (χ0n) is 10.3. The monoisotopic (exact) mass is 333 g/mol. The van der Waals surface area contributed by atoms with Gasteiger partial charge in [0.1, 0.15) is 5.82 Å². The minimum Gasteiger partial charge on any atom is -0.388 e. The fraction of sp³-hybridized carbons (Fsp3) is 0.667. The summed E-state index contributed by atoms with van der Waals surface area (Å²) in [4.78, 5) is 7.95. The van der Waals surface area contributed by atoms with E-state index in [0.29, 0.717) is 18.3 Å². The number of nitrogens with zero attached hydrogens (tertiary/aromatic N) is 2. The van der Waals surface area contributed by atoms with Crippen molar-refractivity contribution in [1.82, 2.24) is 9.97 Å². The van der Waals surface area contributed by atoms with Crippen molar-refractivity contribution >= 4 is 33.3 Å². The second-order valence-corrected chi connectivity index (χ2v) is 6.29. The van der Waals surface area contributed by atoms with Crippen molar-refractivity contribution in [2.75, 3.05) is 11.9 Å². The number of aliphatic hydroxyl groups is 1. The molecular weight excluding hydrogens is 318 g/mol. The van der Waals surface area contributed by atoms with Crippen molar-refractivity contribution in [3.63, 3.8) is 0 Å².